The highest BCUT2D eigenvalue weighted by Crippen LogP contribution is 2.09. The Hall–Kier alpha value is -1.02. The van der Waals surface area contributed by atoms with Crippen molar-refractivity contribution < 1.29 is 4.79 Å². The van der Waals surface area contributed by atoms with Crippen molar-refractivity contribution in [2.75, 3.05) is 6.54 Å². The molecule has 1 aromatic carbocycles. The molecular weight excluding hydrogens is 258 g/mol. The van der Waals surface area contributed by atoms with Crippen LogP contribution < -0.4 is 5.32 Å². The third-order valence-electron chi connectivity index (χ3n) is 2.96. The first kappa shape index (κ1) is 16.0. The Labute approximate surface area is 121 Å². The monoisotopic (exact) mass is 281 g/mol. The number of hydrogen-bond donors (Lipinski definition) is 1. The zero-order valence-corrected chi connectivity index (χ0v) is 12.6. The first-order chi connectivity index (χ1) is 9.08. The van der Waals surface area contributed by atoms with Gasteiger partial charge in [-0.2, -0.15) is 0 Å². The van der Waals surface area contributed by atoms with Crippen LogP contribution in [-0.2, 0) is 11.2 Å². The molecule has 0 heterocycles. The number of nitrogens with one attached hydrogen (secondary N) is 1. The Morgan fingerprint density at radius 3 is 2.58 bits per heavy atom. The molecule has 3 heteroatoms. The van der Waals surface area contributed by atoms with E-state index in [2.05, 4.69) is 31.3 Å². The average Bonchev–Trinajstić information content (AvgIpc) is 2.37. The fraction of sp³-hybridized carbons (Fsp3) is 0.562. The van der Waals surface area contributed by atoms with Crippen LogP contribution in [0.3, 0.4) is 0 Å². The van der Waals surface area contributed by atoms with Crippen LogP contribution >= 0.6 is 11.6 Å². The molecule has 0 aliphatic heterocycles. The Morgan fingerprint density at radius 2 is 1.95 bits per heavy atom. The SMILES string of the molecule is CC(C)CC(Cl)CNC(=O)CCCc1ccccc1. The molecule has 19 heavy (non-hydrogen) atoms. The standard InChI is InChI=1S/C16H24ClNO/c1-13(2)11-15(17)12-18-16(19)10-6-9-14-7-4-3-5-8-14/h3-5,7-8,13,15H,6,9-12H2,1-2H3,(H,18,19). The van der Waals surface area contributed by atoms with Crippen molar-refractivity contribution in [3.8, 4) is 0 Å². The second-order valence-electron chi connectivity index (χ2n) is 5.37. The third-order valence-corrected chi connectivity index (χ3v) is 3.29. The normalized spacial score (nSPS) is 12.4. The predicted octanol–water partition coefficient (Wildman–Crippen LogP) is 3.78. The van der Waals surface area contributed by atoms with Gasteiger partial charge in [0.1, 0.15) is 0 Å². The van der Waals surface area contributed by atoms with Crippen LogP contribution in [0.15, 0.2) is 30.3 Å². The number of alkyl halides is 1. The molecule has 0 spiro atoms. The zero-order chi connectivity index (χ0) is 14.1. The number of hydrogen-bond acceptors (Lipinski definition) is 1. The van der Waals surface area contributed by atoms with Gasteiger partial charge >= 0.3 is 0 Å². The topological polar surface area (TPSA) is 29.1 Å². The number of aryl methyl sites for hydroxylation is 1. The summed E-state index contributed by atoms with van der Waals surface area (Å²) >= 11 is 6.14. The lowest BCUT2D eigenvalue weighted by atomic mass is 10.1. The molecule has 1 atom stereocenters. The van der Waals surface area contributed by atoms with Crippen molar-refractivity contribution in [1.29, 1.82) is 0 Å². The molecule has 1 N–H and O–H groups in total. The van der Waals surface area contributed by atoms with Gasteiger partial charge in [0.25, 0.3) is 0 Å². The Bertz CT molecular complexity index is 364. The van der Waals surface area contributed by atoms with Gasteiger partial charge in [-0.15, -0.1) is 11.6 Å². The number of benzene rings is 1. The Kier molecular flexibility index (Phi) is 7.57. The van der Waals surface area contributed by atoms with Crippen molar-refractivity contribution >= 4 is 17.5 Å². The van der Waals surface area contributed by atoms with Crippen LogP contribution in [0.25, 0.3) is 0 Å². The van der Waals surface area contributed by atoms with Crippen molar-refractivity contribution in [1.82, 2.24) is 5.32 Å². The molecule has 0 radical (unpaired) electrons. The third kappa shape index (κ3) is 7.89. The van der Waals surface area contributed by atoms with E-state index in [4.69, 9.17) is 11.6 Å². The number of halogens is 1. The van der Waals surface area contributed by atoms with Crippen LogP contribution in [-0.4, -0.2) is 17.8 Å². The highest BCUT2D eigenvalue weighted by atomic mass is 35.5. The quantitative estimate of drug-likeness (QED) is 0.722. The molecule has 2 nitrogen and oxygen atoms in total. The molecule has 0 aliphatic carbocycles. The second kappa shape index (κ2) is 8.98. The lowest BCUT2D eigenvalue weighted by Crippen LogP contribution is -2.30. The molecule has 0 bridgehead atoms. The van der Waals surface area contributed by atoms with Gasteiger partial charge in [-0.05, 0) is 30.7 Å². The van der Waals surface area contributed by atoms with Crippen molar-refractivity contribution in [3.63, 3.8) is 0 Å². The van der Waals surface area contributed by atoms with Gasteiger partial charge < -0.3 is 5.32 Å². The van der Waals surface area contributed by atoms with E-state index in [1.165, 1.54) is 5.56 Å². The minimum atomic E-state index is 0.0399. The van der Waals surface area contributed by atoms with E-state index in [9.17, 15) is 4.79 Å². The lowest BCUT2D eigenvalue weighted by molar-refractivity contribution is -0.121. The summed E-state index contributed by atoms with van der Waals surface area (Å²) < 4.78 is 0. The smallest absolute Gasteiger partial charge is 0.220 e. The summed E-state index contributed by atoms with van der Waals surface area (Å²) in [7, 11) is 0. The molecule has 106 valence electrons. The summed E-state index contributed by atoms with van der Waals surface area (Å²) in [6.45, 7) is 4.85. The fourth-order valence-electron chi connectivity index (χ4n) is 2.01. The van der Waals surface area contributed by atoms with Gasteiger partial charge in [0, 0.05) is 13.0 Å². The minimum Gasteiger partial charge on any atom is -0.355 e. The maximum absolute atomic E-state index is 11.7. The number of rotatable bonds is 8. The second-order valence-corrected chi connectivity index (χ2v) is 5.99. The van der Waals surface area contributed by atoms with Crippen LogP contribution in [0, 0.1) is 5.92 Å². The van der Waals surface area contributed by atoms with E-state index in [0.29, 0.717) is 18.9 Å². The van der Waals surface area contributed by atoms with E-state index >= 15 is 0 Å². The van der Waals surface area contributed by atoms with Crippen LogP contribution in [0.4, 0.5) is 0 Å². The lowest BCUT2D eigenvalue weighted by Gasteiger charge is -2.12. The molecule has 0 saturated heterocycles. The first-order valence-electron chi connectivity index (χ1n) is 7.02. The molecular formula is C16H24ClNO. The largest absolute Gasteiger partial charge is 0.355 e. The van der Waals surface area contributed by atoms with Gasteiger partial charge in [-0.1, -0.05) is 44.2 Å². The fourth-order valence-corrected chi connectivity index (χ4v) is 2.44. The van der Waals surface area contributed by atoms with E-state index in [1.54, 1.807) is 0 Å². The molecule has 1 unspecified atom stereocenters. The number of amides is 1. The highest BCUT2D eigenvalue weighted by molar-refractivity contribution is 6.20. The molecule has 0 aromatic heterocycles. The number of carbonyl (C=O) groups excluding carboxylic acids is 1. The van der Waals surface area contributed by atoms with Gasteiger partial charge in [0.2, 0.25) is 5.91 Å². The Morgan fingerprint density at radius 1 is 1.26 bits per heavy atom. The van der Waals surface area contributed by atoms with Crippen molar-refractivity contribution in [2.45, 2.75) is 44.9 Å². The predicted molar refractivity (Wildman–Crippen MR) is 81.5 cm³/mol. The summed E-state index contributed by atoms with van der Waals surface area (Å²) in [5, 5.41) is 2.94. The van der Waals surface area contributed by atoms with E-state index in [-0.39, 0.29) is 11.3 Å². The maximum Gasteiger partial charge on any atom is 0.220 e. The van der Waals surface area contributed by atoms with Gasteiger partial charge in [-0.25, -0.2) is 0 Å². The van der Waals surface area contributed by atoms with Gasteiger partial charge in [0.05, 0.1) is 5.38 Å². The summed E-state index contributed by atoms with van der Waals surface area (Å²) in [5.41, 5.74) is 1.28. The molecule has 0 fully saturated rings. The summed E-state index contributed by atoms with van der Waals surface area (Å²) in [4.78, 5) is 11.7. The summed E-state index contributed by atoms with van der Waals surface area (Å²) in [5.74, 6) is 0.669. The zero-order valence-electron chi connectivity index (χ0n) is 11.9. The molecule has 1 amide bonds. The Balaban J connectivity index is 2.11. The average molecular weight is 282 g/mol. The summed E-state index contributed by atoms with van der Waals surface area (Å²) in [6, 6.07) is 10.2. The van der Waals surface area contributed by atoms with Crippen LogP contribution in [0.2, 0.25) is 0 Å². The molecule has 1 rings (SSSR count). The van der Waals surface area contributed by atoms with Gasteiger partial charge in [-0.3, -0.25) is 4.79 Å². The molecule has 1 aromatic rings. The maximum atomic E-state index is 11.7. The van der Waals surface area contributed by atoms with Crippen LogP contribution in [0.1, 0.15) is 38.7 Å². The number of carbonyl (C=O) groups is 1. The highest BCUT2D eigenvalue weighted by Gasteiger charge is 2.09. The summed E-state index contributed by atoms with van der Waals surface area (Å²) in [6.07, 6.45) is 3.34. The van der Waals surface area contributed by atoms with E-state index in [1.807, 2.05) is 18.2 Å². The first-order valence-corrected chi connectivity index (χ1v) is 7.46. The van der Waals surface area contributed by atoms with E-state index < -0.39 is 0 Å². The minimum absolute atomic E-state index is 0.0399. The molecule has 0 saturated carbocycles. The van der Waals surface area contributed by atoms with Crippen LogP contribution in [0.5, 0.6) is 0 Å². The van der Waals surface area contributed by atoms with Crippen molar-refractivity contribution in [2.24, 2.45) is 5.92 Å². The molecule has 0 aliphatic rings. The van der Waals surface area contributed by atoms with E-state index in [0.717, 1.165) is 19.3 Å². The van der Waals surface area contributed by atoms with Crippen molar-refractivity contribution in [3.05, 3.63) is 35.9 Å². The van der Waals surface area contributed by atoms with Gasteiger partial charge in [0.15, 0.2) is 0 Å².